The summed E-state index contributed by atoms with van der Waals surface area (Å²) >= 11 is 1.30. The van der Waals surface area contributed by atoms with Gasteiger partial charge >= 0.3 is 18.0 Å². The fourth-order valence-corrected chi connectivity index (χ4v) is 3.69. The smallest absolute Gasteiger partial charge is 0.347 e. The zero-order valence-electron chi connectivity index (χ0n) is 16.6. The number of benzene rings is 2. The summed E-state index contributed by atoms with van der Waals surface area (Å²) in [6.45, 7) is 2.00. The number of amides is 2. The van der Waals surface area contributed by atoms with Gasteiger partial charge in [0.25, 0.3) is 0 Å². The molecule has 9 heteroatoms. The van der Waals surface area contributed by atoms with Crippen LogP contribution in [0.4, 0.5) is 13.2 Å². The standard InChI is InChI=1S/C22H20F3N3O2S/c1-14(15-5-3-2-4-6-15)27-20(30)19(29)26-12-11-18-13-31-21(28-18)16-7-9-17(10-8-16)22(23,24)25/h2-10,13-14H,11-12H2,1H3,(H,26,29)(H,27,30). The van der Waals surface area contributed by atoms with Crippen molar-refractivity contribution in [1.29, 1.82) is 0 Å². The average molecular weight is 447 g/mol. The molecule has 1 atom stereocenters. The maximum atomic E-state index is 12.7. The van der Waals surface area contributed by atoms with Gasteiger partial charge in [-0.25, -0.2) is 4.98 Å². The Bertz CT molecular complexity index is 1030. The average Bonchev–Trinajstić information content (AvgIpc) is 3.22. The number of thiazole rings is 1. The number of alkyl halides is 3. The van der Waals surface area contributed by atoms with Crippen LogP contribution in [0.5, 0.6) is 0 Å². The normalized spacial score (nSPS) is 12.3. The highest BCUT2D eigenvalue weighted by Crippen LogP contribution is 2.31. The third-order valence-electron chi connectivity index (χ3n) is 4.53. The summed E-state index contributed by atoms with van der Waals surface area (Å²) < 4.78 is 38.0. The third-order valence-corrected chi connectivity index (χ3v) is 5.47. The van der Waals surface area contributed by atoms with Crippen LogP contribution in [0, 0.1) is 0 Å². The van der Waals surface area contributed by atoms with Crippen molar-refractivity contribution in [3.05, 3.63) is 76.8 Å². The minimum absolute atomic E-state index is 0.210. The van der Waals surface area contributed by atoms with Crippen molar-refractivity contribution in [2.45, 2.75) is 25.6 Å². The van der Waals surface area contributed by atoms with Crippen molar-refractivity contribution in [2.24, 2.45) is 0 Å². The van der Waals surface area contributed by atoms with Crippen LogP contribution in [-0.2, 0) is 22.2 Å². The van der Waals surface area contributed by atoms with Crippen LogP contribution in [0.3, 0.4) is 0 Å². The summed E-state index contributed by atoms with van der Waals surface area (Å²) in [5, 5.41) is 7.55. The first-order chi connectivity index (χ1) is 14.7. The van der Waals surface area contributed by atoms with Crippen LogP contribution in [-0.4, -0.2) is 23.3 Å². The molecule has 0 saturated heterocycles. The molecule has 162 valence electrons. The lowest BCUT2D eigenvalue weighted by Crippen LogP contribution is -2.41. The molecule has 1 aromatic heterocycles. The number of aromatic nitrogens is 1. The first-order valence-corrected chi connectivity index (χ1v) is 10.4. The molecule has 0 bridgehead atoms. The summed E-state index contributed by atoms with van der Waals surface area (Å²) in [5.41, 5.74) is 1.44. The Balaban J connectivity index is 1.48. The first-order valence-electron chi connectivity index (χ1n) is 9.49. The number of carbonyl (C=O) groups is 2. The molecule has 0 saturated carbocycles. The maximum absolute atomic E-state index is 12.7. The van der Waals surface area contributed by atoms with Crippen LogP contribution in [0.25, 0.3) is 10.6 Å². The molecule has 3 rings (SSSR count). The first kappa shape index (κ1) is 22.5. The summed E-state index contributed by atoms with van der Waals surface area (Å²) in [7, 11) is 0. The molecule has 0 aliphatic heterocycles. The Morgan fingerprint density at radius 1 is 1.03 bits per heavy atom. The largest absolute Gasteiger partial charge is 0.416 e. The Kier molecular flexibility index (Phi) is 7.06. The molecular formula is C22H20F3N3O2S. The maximum Gasteiger partial charge on any atom is 0.416 e. The molecule has 0 fully saturated rings. The monoisotopic (exact) mass is 447 g/mol. The van der Waals surface area contributed by atoms with Crippen LogP contribution in [0.1, 0.15) is 29.8 Å². The van der Waals surface area contributed by atoms with Gasteiger partial charge in [-0.2, -0.15) is 13.2 Å². The van der Waals surface area contributed by atoms with E-state index >= 15 is 0 Å². The second-order valence-electron chi connectivity index (χ2n) is 6.83. The van der Waals surface area contributed by atoms with Gasteiger partial charge in [0.05, 0.1) is 17.3 Å². The van der Waals surface area contributed by atoms with E-state index in [1.807, 2.05) is 30.3 Å². The number of carbonyl (C=O) groups excluding carboxylic acids is 2. The predicted molar refractivity (Wildman–Crippen MR) is 112 cm³/mol. The van der Waals surface area contributed by atoms with Gasteiger partial charge in [0, 0.05) is 23.9 Å². The molecular weight excluding hydrogens is 427 g/mol. The van der Waals surface area contributed by atoms with Gasteiger partial charge < -0.3 is 10.6 Å². The highest BCUT2D eigenvalue weighted by atomic mass is 32.1. The van der Waals surface area contributed by atoms with E-state index in [0.29, 0.717) is 22.7 Å². The van der Waals surface area contributed by atoms with Gasteiger partial charge in [0.15, 0.2) is 0 Å². The molecule has 0 radical (unpaired) electrons. The minimum atomic E-state index is -4.38. The van der Waals surface area contributed by atoms with E-state index in [1.54, 1.807) is 12.3 Å². The van der Waals surface area contributed by atoms with Gasteiger partial charge in [-0.1, -0.05) is 42.5 Å². The van der Waals surface area contributed by atoms with E-state index in [9.17, 15) is 22.8 Å². The molecule has 2 aromatic carbocycles. The van der Waals surface area contributed by atoms with Gasteiger partial charge in [0.2, 0.25) is 0 Å². The van der Waals surface area contributed by atoms with Gasteiger partial charge in [-0.15, -0.1) is 11.3 Å². The highest BCUT2D eigenvalue weighted by Gasteiger charge is 2.30. The number of hydrogen-bond acceptors (Lipinski definition) is 4. The molecule has 5 nitrogen and oxygen atoms in total. The van der Waals surface area contributed by atoms with Gasteiger partial charge in [0.1, 0.15) is 5.01 Å². The summed E-state index contributed by atoms with van der Waals surface area (Å²) in [5.74, 6) is -1.46. The van der Waals surface area contributed by atoms with Crippen LogP contribution >= 0.6 is 11.3 Å². The summed E-state index contributed by atoms with van der Waals surface area (Å²) in [6, 6.07) is 13.8. The second-order valence-corrected chi connectivity index (χ2v) is 7.69. The zero-order chi connectivity index (χ0) is 22.4. The molecule has 0 aliphatic carbocycles. The summed E-state index contributed by atoms with van der Waals surface area (Å²) in [4.78, 5) is 28.4. The number of nitrogens with one attached hydrogen (secondary N) is 2. The number of halogens is 3. The lowest BCUT2D eigenvalue weighted by Gasteiger charge is -2.13. The van der Waals surface area contributed by atoms with E-state index in [-0.39, 0.29) is 12.6 Å². The zero-order valence-corrected chi connectivity index (χ0v) is 17.4. The van der Waals surface area contributed by atoms with E-state index in [1.165, 1.54) is 23.5 Å². The number of hydrogen-bond donors (Lipinski definition) is 2. The second kappa shape index (κ2) is 9.74. The van der Waals surface area contributed by atoms with Crippen molar-refractivity contribution < 1.29 is 22.8 Å². The molecule has 1 heterocycles. The Morgan fingerprint density at radius 2 is 1.71 bits per heavy atom. The fourth-order valence-electron chi connectivity index (χ4n) is 2.83. The van der Waals surface area contributed by atoms with Crippen molar-refractivity contribution >= 4 is 23.2 Å². The lowest BCUT2D eigenvalue weighted by molar-refractivity contribution is -0.139. The van der Waals surface area contributed by atoms with Crippen LogP contribution < -0.4 is 10.6 Å². The van der Waals surface area contributed by atoms with E-state index in [4.69, 9.17) is 0 Å². The van der Waals surface area contributed by atoms with Crippen molar-refractivity contribution in [1.82, 2.24) is 15.6 Å². The predicted octanol–water partition coefficient (Wildman–Crippen LogP) is 4.37. The van der Waals surface area contributed by atoms with E-state index < -0.39 is 23.6 Å². The van der Waals surface area contributed by atoms with Crippen molar-refractivity contribution in [2.75, 3.05) is 6.54 Å². The van der Waals surface area contributed by atoms with Crippen molar-refractivity contribution in [3.63, 3.8) is 0 Å². The quantitative estimate of drug-likeness (QED) is 0.552. The Labute approximate surface area is 181 Å². The molecule has 31 heavy (non-hydrogen) atoms. The van der Waals surface area contributed by atoms with Gasteiger partial charge in [-0.05, 0) is 24.6 Å². The van der Waals surface area contributed by atoms with Crippen molar-refractivity contribution in [3.8, 4) is 10.6 Å². The molecule has 3 aromatic rings. The number of rotatable bonds is 6. The fraction of sp³-hybridized carbons (Fsp3) is 0.227. The lowest BCUT2D eigenvalue weighted by atomic mass is 10.1. The molecule has 0 spiro atoms. The topological polar surface area (TPSA) is 71.1 Å². The van der Waals surface area contributed by atoms with E-state index in [0.717, 1.165) is 17.7 Å². The Morgan fingerprint density at radius 3 is 2.35 bits per heavy atom. The SMILES string of the molecule is CC(NC(=O)C(=O)NCCc1csc(-c2ccc(C(F)(F)F)cc2)n1)c1ccccc1. The molecule has 2 amide bonds. The van der Waals surface area contributed by atoms with Crippen LogP contribution in [0.15, 0.2) is 60.0 Å². The van der Waals surface area contributed by atoms with E-state index in [2.05, 4.69) is 15.6 Å². The Hall–Kier alpha value is -3.20. The third kappa shape index (κ3) is 6.14. The molecule has 1 unspecified atom stereocenters. The van der Waals surface area contributed by atoms with Gasteiger partial charge in [-0.3, -0.25) is 9.59 Å². The minimum Gasteiger partial charge on any atom is -0.347 e. The van der Waals surface area contributed by atoms with Crippen LogP contribution in [0.2, 0.25) is 0 Å². The highest BCUT2D eigenvalue weighted by molar-refractivity contribution is 7.13. The summed E-state index contributed by atoms with van der Waals surface area (Å²) in [6.07, 6.45) is -3.99. The molecule has 0 aliphatic rings. The molecule has 2 N–H and O–H groups in total. The number of nitrogens with zero attached hydrogens (tertiary/aromatic N) is 1.